The van der Waals surface area contributed by atoms with Crippen LogP contribution in [-0.2, 0) is 0 Å². The summed E-state index contributed by atoms with van der Waals surface area (Å²) in [5.41, 5.74) is 10.4. The minimum atomic E-state index is 0.721. The molecule has 3 aromatic heterocycles. The van der Waals surface area contributed by atoms with Crippen molar-refractivity contribution < 1.29 is 0 Å². The summed E-state index contributed by atoms with van der Waals surface area (Å²) < 4.78 is 2.51. The van der Waals surface area contributed by atoms with E-state index in [2.05, 4.69) is 182 Å². The number of nitrogens with zero attached hydrogens (tertiary/aromatic N) is 3. The lowest BCUT2D eigenvalue weighted by atomic mass is 9.91. The summed E-state index contributed by atoms with van der Waals surface area (Å²) in [6, 6.07) is 67.1. The van der Waals surface area contributed by atoms with E-state index in [1.165, 1.54) is 57.9 Å². The molecule has 0 saturated carbocycles. The molecule has 0 unspecified atom stereocenters. The lowest BCUT2D eigenvalue weighted by Gasteiger charge is -2.15. The van der Waals surface area contributed by atoms with Gasteiger partial charge in [0.05, 0.1) is 27.3 Å². The molecule has 4 heteroatoms. The summed E-state index contributed by atoms with van der Waals surface area (Å²) in [5.74, 6) is 0.721. The maximum absolute atomic E-state index is 5.27. The molecular weight excluding hydrogens is 711 g/mol. The normalized spacial score (nSPS) is 11.9. The number of pyridine rings is 1. The molecule has 0 saturated heterocycles. The van der Waals surface area contributed by atoms with E-state index in [4.69, 9.17) is 15.0 Å². The van der Waals surface area contributed by atoms with Crippen LogP contribution >= 0.6 is 11.3 Å². The Morgan fingerprint density at radius 3 is 1.68 bits per heavy atom. The average Bonchev–Trinajstić information content (AvgIpc) is 3.68. The Hall–Kier alpha value is -7.27. The first-order chi connectivity index (χ1) is 28.2. The topological polar surface area (TPSA) is 38.7 Å². The zero-order chi connectivity index (χ0) is 37.5. The number of benzene rings is 9. The van der Waals surface area contributed by atoms with Gasteiger partial charge in [-0.05, 0) is 67.7 Å². The van der Waals surface area contributed by atoms with E-state index in [-0.39, 0.29) is 0 Å². The van der Waals surface area contributed by atoms with Gasteiger partial charge in [-0.15, -0.1) is 11.3 Å². The zero-order valence-electron chi connectivity index (χ0n) is 30.6. The second-order valence-electron chi connectivity index (χ2n) is 14.7. The molecule has 3 nitrogen and oxygen atoms in total. The maximum Gasteiger partial charge on any atom is 0.161 e. The van der Waals surface area contributed by atoms with E-state index in [0.717, 1.165) is 61.8 Å². The predicted molar refractivity (Wildman–Crippen MR) is 241 cm³/mol. The molecule has 57 heavy (non-hydrogen) atoms. The number of thiophene rings is 1. The third-order valence-electron chi connectivity index (χ3n) is 11.5. The maximum atomic E-state index is 5.27. The first kappa shape index (κ1) is 32.0. The van der Waals surface area contributed by atoms with Crippen molar-refractivity contribution in [2.24, 2.45) is 0 Å². The molecule has 0 N–H and O–H groups in total. The van der Waals surface area contributed by atoms with Crippen molar-refractivity contribution in [3.8, 4) is 56.3 Å². The molecule has 9 aromatic carbocycles. The SMILES string of the molecule is c1ccc(-c2cc(-c3ccc(-c4ccc(-c5nc6ccccc6c6c5sc5ccccc56)cc4)cc3)nc(-c3ccc4ccc5cccc6ccc3c4c56)n2)cc1. The molecule has 0 atom stereocenters. The highest BCUT2D eigenvalue weighted by atomic mass is 32.1. The Balaban J connectivity index is 0.937. The highest BCUT2D eigenvalue weighted by Crippen LogP contribution is 2.43. The van der Waals surface area contributed by atoms with Gasteiger partial charge in [-0.25, -0.2) is 15.0 Å². The van der Waals surface area contributed by atoms with Crippen LogP contribution in [0.1, 0.15) is 0 Å². The van der Waals surface area contributed by atoms with Crippen molar-refractivity contribution >= 4 is 74.7 Å². The van der Waals surface area contributed by atoms with Crippen molar-refractivity contribution in [2.45, 2.75) is 0 Å². The Kier molecular flexibility index (Phi) is 7.10. The summed E-state index contributed by atoms with van der Waals surface area (Å²) in [7, 11) is 0. The van der Waals surface area contributed by atoms with Gasteiger partial charge in [-0.2, -0.15) is 0 Å². The van der Waals surface area contributed by atoms with Crippen molar-refractivity contribution in [1.82, 2.24) is 15.0 Å². The van der Waals surface area contributed by atoms with Crippen LogP contribution in [0.15, 0.2) is 188 Å². The van der Waals surface area contributed by atoms with Crippen LogP contribution in [0.25, 0.3) is 120 Å². The van der Waals surface area contributed by atoms with Crippen molar-refractivity contribution in [1.29, 1.82) is 0 Å². The van der Waals surface area contributed by atoms with Gasteiger partial charge >= 0.3 is 0 Å². The van der Waals surface area contributed by atoms with Crippen LogP contribution in [0.2, 0.25) is 0 Å². The van der Waals surface area contributed by atoms with E-state index in [1.54, 1.807) is 0 Å². The van der Waals surface area contributed by atoms with Crippen molar-refractivity contribution in [3.63, 3.8) is 0 Å². The van der Waals surface area contributed by atoms with Gasteiger partial charge in [0.1, 0.15) is 0 Å². The van der Waals surface area contributed by atoms with Gasteiger partial charge in [-0.3, -0.25) is 0 Å². The highest BCUT2D eigenvalue weighted by Gasteiger charge is 2.18. The Labute approximate surface area is 332 Å². The number of fused-ring (bicyclic) bond motifs is 5. The fourth-order valence-electron chi connectivity index (χ4n) is 8.69. The fraction of sp³-hybridized carbons (Fsp3) is 0. The van der Waals surface area contributed by atoms with Gasteiger partial charge in [-0.1, -0.05) is 164 Å². The molecule has 12 aromatic rings. The summed E-state index contributed by atoms with van der Waals surface area (Å²) in [4.78, 5) is 15.7. The summed E-state index contributed by atoms with van der Waals surface area (Å²) in [5, 5.41) is 11.2. The van der Waals surface area contributed by atoms with E-state index in [9.17, 15) is 0 Å². The molecule has 0 bridgehead atoms. The van der Waals surface area contributed by atoms with Gasteiger partial charge < -0.3 is 0 Å². The standard InChI is InChI=1S/C53H31N3S/c1-2-9-34(10-3-1)45-31-46(56-53(55-45)41-30-28-38-24-23-36-11-8-12-37-27-29-40(41)49(38)48(36)37)35-21-17-32(18-22-35)33-19-25-39(26-20-33)51-52-50(42-13-4-6-15-44(42)54-51)43-14-5-7-16-47(43)57-52/h1-31H. The molecule has 0 radical (unpaired) electrons. The van der Waals surface area contributed by atoms with Crippen molar-refractivity contribution in [2.75, 3.05) is 0 Å². The van der Waals surface area contributed by atoms with E-state index in [1.807, 2.05) is 17.4 Å². The molecular formula is C53H31N3S. The number of hydrogen-bond donors (Lipinski definition) is 0. The molecule has 0 fully saturated rings. The van der Waals surface area contributed by atoms with Gasteiger partial charge in [0, 0.05) is 43.1 Å². The first-order valence-corrected chi connectivity index (χ1v) is 20.1. The molecule has 12 rings (SSSR count). The van der Waals surface area contributed by atoms with E-state index < -0.39 is 0 Å². The smallest absolute Gasteiger partial charge is 0.161 e. The summed E-state index contributed by atoms with van der Waals surface area (Å²) in [6.07, 6.45) is 0. The Bertz CT molecular complexity index is 3480. The molecule has 0 aliphatic carbocycles. The van der Waals surface area contributed by atoms with E-state index in [0.29, 0.717) is 0 Å². The Morgan fingerprint density at radius 1 is 0.351 bits per heavy atom. The third kappa shape index (κ3) is 5.15. The predicted octanol–water partition coefficient (Wildman–Crippen LogP) is 14.6. The fourth-order valence-corrected chi connectivity index (χ4v) is 9.91. The second kappa shape index (κ2) is 12.6. The molecule has 0 amide bonds. The van der Waals surface area contributed by atoms with E-state index >= 15 is 0 Å². The van der Waals surface area contributed by atoms with Gasteiger partial charge in [0.2, 0.25) is 0 Å². The summed E-state index contributed by atoms with van der Waals surface area (Å²) in [6.45, 7) is 0. The van der Waals surface area contributed by atoms with Crippen LogP contribution in [-0.4, -0.2) is 15.0 Å². The lowest BCUT2D eigenvalue weighted by Crippen LogP contribution is -1.97. The summed E-state index contributed by atoms with van der Waals surface area (Å²) >= 11 is 1.83. The molecule has 0 aliphatic heterocycles. The largest absolute Gasteiger partial charge is 0.246 e. The van der Waals surface area contributed by atoms with Crippen LogP contribution in [0.3, 0.4) is 0 Å². The third-order valence-corrected chi connectivity index (χ3v) is 12.6. The number of para-hydroxylation sites is 1. The number of hydrogen-bond acceptors (Lipinski definition) is 4. The quantitative estimate of drug-likeness (QED) is 0.165. The zero-order valence-corrected chi connectivity index (χ0v) is 31.5. The average molecular weight is 742 g/mol. The molecule has 3 heterocycles. The minimum Gasteiger partial charge on any atom is -0.246 e. The van der Waals surface area contributed by atoms with Crippen molar-refractivity contribution in [3.05, 3.63) is 188 Å². The van der Waals surface area contributed by atoms with Crippen LogP contribution in [0, 0.1) is 0 Å². The molecule has 0 spiro atoms. The monoisotopic (exact) mass is 741 g/mol. The first-order valence-electron chi connectivity index (χ1n) is 19.3. The van der Waals surface area contributed by atoms with Crippen LogP contribution in [0.5, 0.6) is 0 Å². The van der Waals surface area contributed by atoms with Gasteiger partial charge in [0.25, 0.3) is 0 Å². The lowest BCUT2D eigenvalue weighted by molar-refractivity contribution is 1.19. The second-order valence-corrected chi connectivity index (χ2v) is 15.8. The number of aromatic nitrogens is 3. The highest BCUT2D eigenvalue weighted by molar-refractivity contribution is 7.26. The minimum absolute atomic E-state index is 0.721. The molecule has 264 valence electrons. The van der Waals surface area contributed by atoms with Gasteiger partial charge in [0.15, 0.2) is 5.82 Å². The number of rotatable bonds is 5. The van der Waals surface area contributed by atoms with Crippen LogP contribution < -0.4 is 0 Å². The van der Waals surface area contributed by atoms with Crippen LogP contribution in [0.4, 0.5) is 0 Å². The Morgan fingerprint density at radius 2 is 0.930 bits per heavy atom. The molecule has 0 aliphatic rings.